The number of fused-ring (bicyclic) bond motifs is 1. The van der Waals surface area contributed by atoms with E-state index in [0.29, 0.717) is 23.0 Å². The van der Waals surface area contributed by atoms with Gasteiger partial charge in [0.15, 0.2) is 17.5 Å². The average molecular weight is 448 g/mol. The van der Waals surface area contributed by atoms with Crippen LogP contribution in [-0.4, -0.2) is 32.1 Å². The molecule has 0 spiro atoms. The van der Waals surface area contributed by atoms with E-state index in [0.717, 1.165) is 39.0 Å². The number of nitrogens with one attached hydrogen (secondary N) is 1. The Bertz CT molecular complexity index is 1530. The molecule has 0 bridgehead atoms. The van der Waals surface area contributed by atoms with Gasteiger partial charge in [-0.3, -0.25) is 0 Å². The van der Waals surface area contributed by atoms with Gasteiger partial charge in [-0.2, -0.15) is 15.0 Å². The third kappa shape index (κ3) is 3.80. The standard InChI is InChI=1S/C26H21N7O/c1-16-5-4-6-21-17(2)13-24(30-25(16)21)33-26(19(14-27)15-28-33)29-23-12-11-22(31-32-23)18-7-9-20(34-3)10-8-18/h4-13,15H,1-3H3,(H,29,32). The number of rotatable bonds is 5. The molecule has 8 heteroatoms. The molecule has 0 saturated carbocycles. The highest BCUT2D eigenvalue weighted by Gasteiger charge is 2.16. The van der Waals surface area contributed by atoms with E-state index in [1.54, 1.807) is 11.8 Å². The number of aryl methyl sites for hydroxylation is 2. The Morgan fingerprint density at radius 1 is 0.971 bits per heavy atom. The third-order valence-corrected chi connectivity index (χ3v) is 5.64. The van der Waals surface area contributed by atoms with Crippen molar-refractivity contribution in [2.24, 2.45) is 0 Å². The molecule has 5 aromatic rings. The first kappa shape index (κ1) is 21.1. The summed E-state index contributed by atoms with van der Waals surface area (Å²) in [5.74, 6) is 2.36. The molecule has 0 amide bonds. The summed E-state index contributed by atoms with van der Waals surface area (Å²) in [4.78, 5) is 4.83. The lowest BCUT2D eigenvalue weighted by Gasteiger charge is -2.12. The van der Waals surface area contributed by atoms with Crippen LogP contribution < -0.4 is 10.1 Å². The lowest BCUT2D eigenvalue weighted by molar-refractivity contribution is 0.415. The van der Waals surface area contributed by atoms with E-state index in [4.69, 9.17) is 9.72 Å². The fraction of sp³-hybridized carbons (Fsp3) is 0.115. The van der Waals surface area contributed by atoms with Crippen LogP contribution in [0.15, 0.2) is 66.9 Å². The second-order valence-corrected chi connectivity index (χ2v) is 7.86. The fourth-order valence-electron chi connectivity index (χ4n) is 3.81. The number of para-hydroxylation sites is 1. The number of pyridine rings is 1. The Kier molecular flexibility index (Phi) is 5.36. The molecule has 8 nitrogen and oxygen atoms in total. The highest BCUT2D eigenvalue weighted by Crippen LogP contribution is 2.27. The van der Waals surface area contributed by atoms with Gasteiger partial charge in [-0.15, -0.1) is 10.2 Å². The van der Waals surface area contributed by atoms with E-state index >= 15 is 0 Å². The first-order valence-corrected chi connectivity index (χ1v) is 10.7. The monoisotopic (exact) mass is 447 g/mol. The summed E-state index contributed by atoms with van der Waals surface area (Å²) < 4.78 is 6.83. The summed E-state index contributed by atoms with van der Waals surface area (Å²) in [7, 11) is 1.63. The van der Waals surface area contributed by atoms with Gasteiger partial charge < -0.3 is 10.1 Å². The van der Waals surface area contributed by atoms with Crippen molar-refractivity contribution in [2.75, 3.05) is 12.4 Å². The van der Waals surface area contributed by atoms with Crippen molar-refractivity contribution >= 4 is 22.5 Å². The van der Waals surface area contributed by atoms with Crippen LogP contribution in [0.5, 0.6) is 5.75 Å². The number of nitrogens with zero attached hydrogens (tertiary/aromatic N) is 6. The largest absolute Gasteiger partial charge is 0.497 e. The molecule has 0 saturated heterocycles. The quantitative estimate of drug-likeness (QED) is 0.399. The number of hydrogen-bond acceptors (Lipinski definition) is 7. The van der Waals surface area contributed by atoms with Gasteiger partial charge >= 0.3 is 0 Å². The number of benzene rings is 2. The number of nitriles is 1. The summed E-state index contributed by atoms with van der Waals surface area (Å²) in [6.07, 6.45) is 1.51. The van der Waals surface area contributed by atoms with Crippen molar-refractivity contribution in [3.05, 3.63) is 83.6 Å². The van der Waals surface area contributed by atoms with Crippen molar-refractivity contribution in [2.45, 2.75) is 13.8 Å². The topological polar surface area (TPSA) is 102 Å². The molecule has 0 aliphatic heterocycles. The lowest BCUT2D eigenvalue weighted by atomic mass is 10.1. The predicted molar refractivity (Wildman–Crippen MR) is 130 cm³/mol. The Hall–Kier alpha value is -4.77. The van der Waals surface area contributed by atoms with Gasteiger partial charge in [-0.1, -0.05) is 18.2 Å². The number of hydrogen-bond donors (Lipinski definition) is 1. The van der Waals surface area contributed by atoms with E-state index in [-0.39, 0.29) is 0 Å². The van der Waals surface area contributed by atoms with E-state index in [1.165, 1.54) is 6.20 Å². The van der Waals surface area contributed by atoms with E-state index in [2.05, 4.69) is 32.7 Å². The molecular formula is C26H21N7O. The van der Waals surface area contributed by atoms with Crippen LogP contribution in [-0.2, 0) is 0 Å². The van der Waals surface area contributed by atoms with Crippen LogP contribution in [0.2, 0.25) is 0 Å². The maximum Gasteiger partial charge on any atom is 0.156 e. The van der Waals surface area contributed by atoms with Crippen LogP contribution in [0, 0.1) is 25.2 Å². The van der Waals surface area contributed by atoms with Gasteiger partial charge in [0, 0.05) is 10.9 Å². The van der Waals surface area contributed by atoms with E-state index in [1.807, 2.05) is 68.4 Å². The summed E-state index contributed by atoms with van der Waals surface area (Å²) >= 11 is 0. The number of ether oxygens (including phenoxy) is 1. The molecule has 0 aliphatic rings. The molecule has 0 unspecified atom stereocenters. The maximum absolute atomic E-state index is 9.65. The summed E-state index contributed by atoms with van der Waals surface area (Å²) in [6.45, 7) is 4.07. The molecule has 0 aliphatic carbocycles. The first-order valence-electron chi connectivity index (χ1n) is 10.7. The van der Waals surface area contributed by atoms with Crippen LogP contribution in [0.1, 0.15) is 16.7 Å². The average Bonchev–Trinajstić information content (AvgIpc) is 3.27. The van der Waals surface area contributed by atoms with Gasteiger partial charge in [0.2, 0.25) is 0 Å². The molecule has 1 N–H and O–H groups in total. The minimum absolute atomic E-state index is 0.380. The zero-order valence-electron chi connectivity index (χ0n) is 18.9. The third-order valence-electron chi connectivity index (χ3n) is 5.64. The first-order chi connectivity index (χ1) is 16.6. The predicted octanol–water partition coefficient (Wildman–Crippen LogP) is 5.12. The zero-order chi connectivity index (χ0) is 23.7. The van der Waals surface area contributed by atoms with Gasteiger partial charge in [0.05, 0.1) is 24.5 Å². The van der Waals surface area contributed by atoms with Crippen molar-refractivity contribution in [3.63, 3.8) is 0 Å². The molecular weight excluding hydrogens is 426 g/mol. The molecule has 0 fully saturated rings. The van der Waals surface area contributed by atoms with Crippen molar-refractivity contribution in [3.8, 4) is 28.9 Å². The SMILES string of the molecule is COc1ccc(-c2ccc(Nc3c(C#N)cnn3-c3cc(C)c4cccc(C)c4n3)nn2)cc1. The van der Waals surface area contributed by atoms with Crippen LogP contribution in [0.3, 0.4) is 0 Å². The van der Waals surface area contributed by atoms with Gasteiger partial charge in [0.25, 0.3) is 0 Å². The second kappa shape index (κ2) is 8.64. The smallest absolute Gasteiger partial charge is 0.156 e. The Labute approximate surface area is 196 Å². The van der Waals surface area contributed by atoms with Crippen LogP contribution in [0.4, 0.5) is 11.6 Å². The molecule has 34 heavy (non-hydrogen) atoms. The Morgan fingerprint density at radius 3 is 2.50 bits per heavy atom. The Morgan fingerprint density at radius 2 is 1.79 bits per heavy atom. The number of anilines is 2. The molecule has 2 aromatic carbocycles. The molecule has 5 rings (SSSR count). The number of methoxy groups -OCH3 is 1. The van der Waals surface area contributed by atoms with Crippen molar-refractivity contribution in [1.29, 1.82) is 5.26 Å². The highest BCUT2D eigenvalue weighted by atomic mass is 16.5. The Balaban J connectivity index is 1.50. The maximum atomic E-state index is 9.65. The summed E-state index contributed by atoms with van der Waals surface area (Å²) in [5.41, 5.74) is 5.08. The molecule has 3 aromatic heterocycles. The normalized spacial score (nSPS) is 10.8. The molecule has 0 atom stereocenters. The van der Waals surface area contributed by atoms with Gasteiger partial charge in [-0.05, 0) is 67.4 Å². The number of aromatic nitrogens is 5. The lowest BCUT2D eigenvalue weighted by Crippen LogP contribution is -2.07. The second-order valence-electron chi connectivity index (χ2n) is 7.86. The van der Waals surface area contributed by atoms with Gasteiger partial charge in [-0.25, -0.2) is 4.98 Å². The summed E-state index contributed by atoms with van der Waals surface area (Å²) in [5, 5.41) is 27.0. The molecule has 0 radical (unpaired) electrons. The van der Waals surface area contributed by atoms with Crippen LogP contribution >= 0.6 is 0 Å². The highest BCUT2D eigenvalue weighted by molar-refractivity contribution is 5.85. The van der Waals surface area contributed by atoms with Gasteiger partial charge in [0.1, 0.15) is 17.4 Å². The summed E-state index contributed by atoms with van der Waals surface area (Å²) in [6, 6.07) is 21.5. The van der Waals surface area contributed by atoms with E-state index in [9.17, 15) is 5.26 Å². The van der Waals surface area contributed by atoms with Crippen LogP contribution in [0.25, 0.3) is 28.0 Å². The fourth-order valence-corrected chi connectivity index (χ4v) is 3.81. The molecule has 3 heterocycles. The minimum Gasteiger partial charge on any atom is -0.497 e. The van der Waals surface area contributed by atoms with Crippen molar-refractivity contribution < 1.29 is 4.74 Å². The van der Waals surface area contributed by atoms with Crippen molar-refractivity contribution in [1.82, 2.24) is 25.0 Å². The minimum atomic E-state index is 0.380. The zero-order valence-corrected chi connectivity index (χ0v) is 18.9. The molecule has 166 valence electrons. The van der Waals surface area contributed by atoms with E-state index < -0.39 is 0 Å².